The average molecular weight is 1040 g/mol. The average Bonchev–Trinajstić information content (AvgIpc) is 4.10. The third-order valence-electron chi connectivity index (χ3n) is 14.1. The van der Waals surface area contributed by atoms with Gasteiger partial charge in [-0.2, -0.15) is 10.2 Å². The molecule has 6 heterocycles. The molecule has 0 aliphatic carbocycles. The second-order valence-corrected chi connectivity index (χ2v) is 20.6. The summed E-state index contributed by atoms with van der Waals surface area (Å²) in [4.78, 5) is 71.5. The van der Waals surface area contributed by atoms with E-state index in [1.807, 2.05) is 11.0 Å². The highest BCUT2D eigenvalue weighted by molar-refractivity contribution is 7.19. The van der Waals surface area contributed by atoms with Crippen molar-refractivity contribution in [1.29, 1.82) is 0 Å². The minimum absolute atomic E-state index is 0.00516. The van der Waals surface area contributed by atoms with Crippen molar-refractivity contribution < 1.29 is 32.9 Å². The number of benzene rings is 2. The molecule has 5 aromatic rings. The van der Waals surface area contributed by atoms with Gasteiger partial charge in [0.05, 0.1) is 41.5 Å². The highest BCUT2D eigenvalue weighted by Crippen LogP contribution is 2.44. The van der Waals surface area contributed by atoms with E-state index in [1.54, 1.807) is 55.3 Å². The number of rotatable bonds is 22. The number of nitro groups is 1. The first-order valence-electron chi connectivity index (χ1n) is 25.8. The highest BCUT2D eigenvalue weighted by Gasteiger charge is 2.35. The summed E-state index contributed by atoms with van der Waals surface area (Å²) in [5, 5.41) is 32.4. The van der Waals surface area contributed by atoms with Crippen molar-refractivity contribution in [3.63, 3.8) is 0 Å². The van der Waals surface area contributed by atoms with Crippen molar-refractivity contribution in [2.75, 3.05) is 66.7 Å². The summed E-state index contributed by atoms with van der Waals surface area (Å²) < 4.78 is 33.2. The molecule has 2 aromatic carbocycles. The Kier molecular flexibility index (Phi) is 17.7. The van der Waals surface area contributed by atoms with Crippen LogP contribution in [0.2, 0.25) is 0 Å². The number of amides is 4. The van der Waals surface area contributed by atoms with Crippen LogP contribution in [0.3, 0.4) is 0 Å². The number of thiazole rings is 1. The first kappa shape index (κ1) is 53.5. The zero-order valence-corrected chi connectivity index (χ0v) is 43.5. The third kappa shape index (κ3) is 13.1. The lowest BCUT2D eigenvalue weighted by Gasteiger charge is -2.33. The molecule has 19 nitrogen and oxygen atoms in total. The molecule has 0 radical (unpaired) electrons. The topological polar surface area (TPSA) is 218 Å². The van der Waals surface area contributed by atoms with E-state index in [2.05, 4.69) is 45.8 Å². The number of likely N-dealkylation sites (tertiary alicyclic amines) is 1. The van der Waals surface area contributed by atoms with Crippen LogP contribution in [0.1, 0.15) is 135 Å². The Labute approximate surface area is 433 Å². The van der Waals surface area contributed by atoms with E-state index in [0.29, 0.717) is 56.0 Å². The zero-order chi connectivity index (χ0) is 52.5. The van der Waals surface area contributed by atoms with Crippen molar-refractivity contribution in [3.8, 4) is 11.1 Å². The van der Waals surface area contributed by atoms with Crippen molar-refractivity contribution in [1.82, 2.24) is 39.7 Å². The first-order chi connectivity index (χ1) is 35.6. The van der Waals surface area contributed by atoms with Crippen molar-refractivity contribution in [3.05, 3.63) is 86.5 Å². The van der Waals surface area contributed by atoms with E-state index >= 15 is 0 Å². The molecule has 396 valence electrons. The summed E-state index contributed by atoms with van der Waals surface area (Å²) >= 11 is 0.773. The summed E-state index contributed by atoms with van der Waals surface area (Å²) in [5.41, 5.74) is 6.41. The lowest BCUT2D eigenvalue weighted by molar-refractivity contribution is -0.380. The monoisotopic (exact) mass is 1040 g/mol. The van der Waals surface area contributed by atoms with E-state index in [-0.39, 0.29) is 50.7 Å². The van der Waals surface area contributed by atoms with Crippen molar-refractivity contribution >= 4 is 68.0 Å². The fraction of sp³-hybridized carbons (Fsp3) is 0.519. The quantitative estimate of drug-likeness (QED) is 0.0290. The summed E-state index contributed by atoms with van der Waals surface area (Å²) in [6.45, 7) is 9.30. The molecule has 4 amide bonds. The Hall–Kier alpha value is -6.81. The molecular weight excluding hydrogens is 973 g/mol. The van der Waals surface area contributed by atoms with Crippen LogP contribution >= 0.6 is 11.3 Å². The van der Waals surface area contributed by atoms with Crippen LogP contribution in [0.15, 0.2) is 42.7 Å². The molecule has 22 heteroatoms. The van der Waals surface area contributed by atoms with Gasteiger partial charge in [-0.1, -0.05) is 38.5 Å². The number of unbranched alkanes of at least 4 members (excludes halogenated alkanes) is 7. The predicted molar refractivity (Wildman–Crippen MR) is 281 cm³/mol. The molecule has 1 saturated heterocycles. The van der Waals surface area contributed by atoms with Gasteiger partial charge < -0.3 is 25.8 Å². The van der Waals surface area contributed by atoms with Gasteiger partial charge in [0.25, 0.3) is 12.3 Å². The molecule has 1 fully saturated rings. The normalized spacial score (nSPS) is 15.0. The van der Waals surface area contributed by atoms with Crippen LogP contribution in [-0.2, 0) is 40.8 Å². The van der Waals surface area contributed by atoms with Crippen LogP contribution < -0.4 is 26.2 Å². The standard InChI is InChI=1S/C52H67F2N13O6S/c1-33-51(67(72)73)74-52(58-33)60-50(71)40-16-15-38(27-44(40)59-34(2)68)55-20-11-9-7-5-6-8-10-12-21-56-47(70)32-63-23-17-39(18-24-63)66-45-19-25-64(35(3)69)31-43(45)49(61-66)65-22-13-14-36-26-41(37-29-57-62(4)30-37)42(48(53)54)28-46(36)65/h15-16,26-30,39,48,55H,5-14,17-25,31-32H2,1-4H3,(H,56,70)(H,59,68)(H,58,60,71). The number of fused-ring (bicyclic) bond motifs is 2. The molecule has 3 aliphatic heterocycles. The Morgan fingerprint density at radius 1 is 0.919 bits per heavy atom. The van der Waals surface area contributed by atoms with Gasteiger partial charge in [-0.25, -0.2) is 13.8 Å². The minimum atomic E-state index is -2.68. The number of piperidine rings is 1. The van der Waals surface area contributed by atoms with Gasteiger partial charge in [0.2, 0.25) is 17.7 Å². The molecule has 3 aromatic heterocycles. The number of alkyl halides is 2. The predicted octanol–water partition coefficient (Wildman–Crippen LogP) is 9.08. The Balaban J connectivity index is 0.735. The van der Waals surface area contributed by atoms with E-state index in [4.69, 9.17) is 5.10 Å². The number of nitrogens with zero attached hydrogens (tertiary/aromatic N) is 9. The summed E-state index contributed by atoms with van der Waals surface area (Å²) in [5.74, 6) is -0.114. The number of anilines is 5. The molecule has 0 atom stereocenters. The third-order valence-corrected chi connectivity index (χ3v) is 15.2. The Morgan fingerprint density at radius 2 is 1.65 bits per heavy atom. The van der Waals surface area contributed by atoms with E-state index < -0.39 is 17.3 Å². The Bertz CT molecular complexity index is 2840. The highest BCUT2D eigenvalue weighted by atomic mass is 32.1. The van der Waals surface area contributed by atoms with Crippen LogP contribution in [-0.4, -0.2) is 109 Å². The molecular formula is C52H67F2N13O6S. The zero-order valence-electron chi connectivity index (χ0n) is 42.7. The van der Waals surface area contributed by atoms with Crippen LogP contribution in [0, 0.1) is 17.0 Å². The molecule has 0 spiro atoms. The minimum Gasteiger partial charge on any atom is -0.385 e. The summed E-state index contributed by atoms with van der Waals surface area (Å²) in [6.07, 6.45) is 13.0. The number of aryl methyl sites for hydroxylation is 3. The number of nitrogens with one attached hydrogen (secondary N) is 4. The maximum atomic E-state index is 14.7. The van der Waals surface area contributed by atoms with Crippen LogP contribution in [0.25, 0.3) is 11.1 Å². The molecule has 0 saturated carbocycles. The second kappa shape index (κ2) is 24.5. The molecule has 0 bridgehead atoms. The number of aromatic nitrogens is 5. The van der Waals surface area contributed by atoms with Gasteiger partial charge >= 0.3 is 5.00 Å². The van der Waals surface area contributed by atoms with Crippen molar-refractivity contribution in [2.24, 2.45) is 7.05 Å². The van der Waals surface area contributed by atoms with E-state index in [1.165, 1.54) is 13.8 Å². The number of hydrogen-bond acceptors (Lipinski definition) is 13. The summed E-state index contributed by atoms with van der Waals surface area (Å²) in [6, 6.07) is 8.69. The molecule has 4 N–H and O–H groups in total. The van der Waals surface area contributed by atoms with E-state index in [0.717, 1.165) is 142 Å². The number of halogens is 2. The fourth-order valence-corrected chi connectivity index (χ4v) is 11.1. The number of carbonyl (C=O) groups is 4. The number of carbonyl (C=O) groups excluding carboxylic acids is 4. The summed E-state index contributed by atoms with van der Waals surface area (Å²) in [7, 11) is 1.77. The fourth-order valence-electron chi connectivity index (χ4n) is 10.3. The van der Waals surface area contributed by atoms with Gasteiger partial charge in [-0.15, -0.1) is 0 Å². The van der Waals surface area contributed by atoms with Gasteiger partial charge in [0.15, 0.2) is 10.9 Å². The SMILES string of the molecule is CC(=O)Nc1cc(NCCCCCCCCCCNC(=O)CN2CCC(n3nc(N4CCCc5cc(-c6cnn(C)c6)c(C(F)F)cc54)c4c3CCN(C(C)=O)C4)CC2)ccc1C(=O)Nc1nc(C)c([N+](=O)[O-])s1. The largest absolute Gasteiger partial charge is 0.385 e. The smallest absolute Gasteiger partial charge is 0.348 e. The maximum Gasteiger partial charge on any atom is 0.348 e. The van der Waals surface area contributed by atoms with Crippen LogP contribution in [0.4, 0.5) is 41.8 Å². The lowest BCUT2D eigenvalue weighted by atomic mass is 9.92. The van der Waals surface area contributed by atoms with Crippen molar-refractivity contribution in [2.45, 2.75) is 123 Å². The lowest BCUT2D eigenvalue weighted by Crippen LogP contribution is -2.42. The first-order valence-corrected chi connectivity index (χ1v) is 26.6. The van der Waals surface area contributed by atoms with Gasteiger partial charge in [0, 0.05) is 107 Å². The second-order valence-electron chi connectivity index (χ2n) is 19.6. The maximum absolute atomic E-state index is 14.7. The van der Waals surface area contributed by atoms with Gasteiger partial charge in [-0.3, -0.25) is 48.9 Å². The molecule has 74 heavy (non-hydrogen) atoms. The van der Waals surface area contributed by atoms with Gasteiger partial charge in [0.1, 0.15) is 5.69 Å². The van der Waals surface area contributed by atoms with Gasteiger partial charge in [-0.05, 0) is 98.2 Å². The molecule has 8 rings (SSSR count). The van der Waals surface area contributed by atoms with Crippen LogP contribution in [0.5, 0.6) is 0 Å². The molecule has 3 aliphatic rings. The number of hydrogen-bond donors (Lipinski definition) is 4. The Morgan fingerprint density at radius 3 is 2.31 bits per heavy atom. The molecule has 0 unspecified atom stereocenters. The van der Waals surface area contributed by atoms with E-state index in [9.17, 15) is 38.1 Å².